The van der Waals surface area contributed by atoms with Crippen LogP contribution in [0, 0.1) is 0 Å². The van der Waals surface area contributed by atoms with Gasteiger partial charge in [0.15, 0.2) is 5.96 Å². The lowest BCUT2D eigenvalue weighted by molar-refractivity contribution is 0.0730. The maximum Gasteiger partial charge on any atom is 0.215 e. The zero-order chi connectivity index (χ0) is 18.1. The van der Waals surface area contributed by atoms with Gasteiger partial charge in [-0.15, -0.1) is 24.0 Å². The Balaban J connectivity index is 0.00000338. The molecule has 1 fully saturated rings. The molecular formula is C17H29IN4O3S. The Kier molecular flexibility index (Phi) is 10.4. The van der Waals surface area contributed by atoms with E-state index in [4.69, 9.17) is 4.74 Å². The summed E-state index contributed by atoms with van der Waals surface area (Å²) in [4.78, 5) is 4.16. The molecule has 1 aliphatic heterocycles. The van der Waals surface area contributed by atoms with Gasteiger partial charge < -0.3 is 15.4 Å². The van der Waals surface area contributed by atoms with Crippen molar-refractivity contribution in [3.63, 3.8) is 0 Å². The summed E-state index contributed by atoms with van der Waals surface area (Å²) in [5, 5.41) is 6.31. The van der Waals surface area contributed by atoms with E-state index >= 15 is 0 Å². The van der Waals surface area contributed by atoms with Crippen LogP contribution in [0.25, 0.3) is 0 Å². The van der Waals surface area contributed by atoms with E-state index in [0.29, 0.717) is 45.4 Å². The molecule has 7 nitrogen and oxygen atoms in total. The van der Waals surface area contributed by atoms with E-state index in [2.05, 4.69) is 34.7 Å². The Morgan fingerprint density at radius 3 is 2.46 bits per heavy atom. The van der Waals surface area contributed by atoms with Gasteiger partial charge in [-0.25, -0.2) is 8.42 Å². The normalized spacial score (nSPS) is 16.0. The highest BCUT2D eigenvalue weighted by Crippen LogP contribution is 2.09. The largest absolute Gasteiger partial charge is 0.379 e. The number of sulfonamides is 1. The van der Waals surface area contributed by atoms with Crippen LogP contribution in [0.15, 0.2) is 29.3 Å². The SMILES string of the molecule is CCc1ccccc1CNC(=NC)NCCS(=O)(=O)N1CCOCC1.I. The van der Waals surface area contributed by atoms with Gasteiger partial charge in [-0.2, -0.15) is 4.31 Å². The summed E-state index contributed by atoms with van der Waals surface area (Å²) in [5.41, 5.74) is 2.51. The topological polar surface area (TPSA) is 83.0 Å². The van der Waals surface area contributed by atoms with Crippen LogP contribution in [0.5, 0.6) is 0 Å². The molecule has 0 bridgehead atoms. The number of benzene rings is 1. The molecule has 1 aromatic rings. The molecular weight excluding hydrogens is 467 g/mol. The van der Waals surface area contributed by atoms with Crippen molar-refractivity contribution in [3.05, 3.63) is 35.4 Å². The Hall–Kier alpha value is -0.910. The first kappa shape index (κ1) is 23.1. The van der Waals surface area contributed by atoms with Crippen LogP contribution in [0.2, 0.25) is 0 Å². The predicted octanol–water partition coefficient (Wildman–Crippen LogP) is 1.19. The monoisotopic (exact) mass is 496 g/mol. The summed E-state index contributed by atoms with van der Waals surface area (Å²) in [6, 6.07) is 8.25. The van der Waals surface area contributed by atoms with Crippen molar-refractivity contribution in [2.45, 2.75) is 19.9 Å². The molecule has 26 heavy (non-hydrogen) atoms. The first-order valence-corrected chi connectivity index (χ1v) is 10.2. The lowest BCUT2D eigenvalue weighted by Crippen LogP contribution is -2.45. The summed E-state index contributed by atoms with van der Waals surface area (Å²) >= 11 is 0. The number of morpholine rings is 1. The Morgan fingerprint density at radius 1 is 1.19 bits per heavy atom. The fraction of sp³-hybridized carbons (Fsp3) is 0.588. The van der Waals surface area contributed by atoms with Crippen LogP contribution in [0.4, 0.5) is 0 Å². The zero-order valence-electron chi connectivity index (χ0n) is 15.4. The third kappa shape index (κ3) is 7.01. The van der Waals surface area contributed by atoms with Gasteiger partial charge in [0.2, 0.25) is 10.0 Å². The first-order valence-electron chi connectivity index (χ1n) is 8.63. The second-order valence-electron chi connectivity index (χ2n) is 5.80. The van der Waals surface area contributed by atoms with E-state index in [1.807, 2.05) is 12.1 Å². The van der Waals surface area contributed by atoms with Gasteiger partial charge in [0.1, 0.15) is 0 Å². The van der Waals surface area contributed by atoms with Crippen LogP contribution in [-0.2, 0) is 27.7 Å². The van der Waals surface area contributed by atoms with E-state index in [9.17, 15) is 8.42 Å². The maximum atomic E-state index is 12.3. The number of aliphatic imine (C=N–C) groups is 1. The lowest BCUT2D eigenvalue weighted by Gasteiger charge is -2.26. The van der Waals surface area contributed by atoms with Gasteiger partial charge in [0.05, 0.1) is 19.0 Å². The molecule has 0 atom stereocenters. The van der Waals surface area contributed by atoms with Crippen LogP contribution in [0.1, 0.15) is 18.1 Å². The molecule has 1 heterocycles. The molecule has 0 amide bonds. The van der Waals surface area contributed by atoms with E-state index < -0.39 is 10.0 Å². The lowest BCUT2D eigenvalue weighted by atomic mass is 10.1. The highest BCUT2D eigenvalue weighted by atomic mass is 127. The van der Waals surface area contributed by atoms with Crippen molar-refractivity contribution in [2.24, 2.45) is 4.99 Å². The number of guanidine groups is 1. The van der Waals surface area contributed by atoms with E-state index in [-0.39, 0.29) is 29.7 Å². The second-order valence-corrected chi connectivity index (χ2v) is 7.89. The maximum absolute atomic E-state index is 12.3. The predicted molar refractivity (Wildman–Crippen MR) is 116 cm³/mol. The summed E-state index contributed by atoms with van der Waals surface area (Å²) in [6.45, 7) is 4.89. The molecule has 1 aromatic carbocycles. The molecule has 0 spiro atoms. The molecule has 0 saturated carbocycles. The van der Waals surface area contributed by atoms with E-state index in [1.165, 1.54) is 15.4 Å². The molecule has 1 aliphatic rings. The van der Waals surface area contributed by atoms with Crippen molar-refractivity contribution in [2.75, 3.05) is 45.6 Å². The minimum atomic E-state index is -3.26. The smallest absolute Gasteiger partial charge is 0.215 e. The Morgan fingerprint density at radius 2 is 1.85 bits per heavy atom. The van der Waals surface area contributed by atoms with Gasteiger partial charge >= 0.3 is 0 Å². The molecule has 2 N–H and O–H groups in total. The number of nitrogens with one attached hydrogen (secondary N) is 2. The fourth-order valence-electron chi connectivity index (χ4n) is 2.73. The van der Waals surface area contributed by atoms with Gasteiger partial charge in [-0.05, 0) is 17.5 Å². The average Bonchev–Trinajstić information content (AvgIpc) is 2.65. The number of halogens is 1. The van der Waals surface area contributed by atoms with Gasteiger partial charge in [0, 0.05) is 33.2 Å². The number of ether oxygens (including phenoxy) is 1. The zero-order valence-corrected chi connectivity index (χ0v) is 18.5. The molecule has 0 aliphatic carbocycles. The highest BCUT2D eigenvalue weighted by Gasteiger charge is 2.23. The van der Waals surface area contributed by atoms with Crippen molar-refractivity contribution in [1.29, 1.82) is 0 Å². The second kappa shape index (κ2) is 11.7. The van der Waals surface area contributed by atoms with Crippen molar-refractivity contribution in [3.8, 4) is 0 Å². The number of nitrogens with zero attached hydrogens (tertiary/aromatic N) is 2. The summed E-state index contributed by atoms with van der Waals surface area (Å²) < 4.78 is 31.3. The van der Waals surface area contributed by atoms with Gasteiger partial charge in [0.25, 0.3) is 0 Å². The van der Waals surface area contributed by atoms with Gasteiger partial charge in [-0.3, -0.25) is 4.99 Å². The van der Waals surface area contributed by atoms with Crippen LogP contribution in [0.3, 0.4) is 0 Å². The fourth-order valence-corrected chi connectivity index (χ4v) is 4.05. The number of hydrogen-bond donors (Lipinski definition) is 2. The van der Waals surface area contributed by atoms with Crippen molar-refractivity contribution < 1.29 is 13.2 Å². The molecule has 1 saturated heterocycles. The number of hydrogen-bond acceptors (Lipinski definition) is 4. The minimum Gasteiger partial charge on any atom is -0.379 e. The van der Waals surface area contributed by atoms with Crippen molar-refractivity contribution >= 4 is 40.0 Å². The van der Waals surface area contributed by atoms with E-state index in [1.54, 1.807) is 7.05 Å². The number of aryl methyl sites for hydroxylation is 1. The molecule has 148 valence electrons. The third-order valence-electron chi connectivity index (χ3n) is 4.19. The van der Waals surface area contributed by atoms with Gasteiger partial charge in [-0.1, -0.05) is 31.2 Å². The highest BCUT2D eigenvalue weighted by molar-refractivity contribution is 14.0. The average molecular weight is 496 g/mol. The van der Waals surface area contributed by atoms with Crippen LogP contribution >= 0.6 is 24.0 Å². The Labute approximate surface area is 173 Å². The van der Waals surface area contributed by atoms with Crippen LogP contribution < -0.4 is 10.6 Å². The Bertz CT molecular complexity index is 676. The van der Waals surface area contributed by atoms with E-state index in [0.717, 1.165) is 6.42 Å². The molecule has 0 unspecified atom stereocenters. The third-order valence-corrected chi connectivity index (χ3v) is 6.06. The molecule has 9 heteroatoms. The van der Waals surface area contributed by atoms with Crippen molar-refractivity contribution in [1.82, 2.24) is 14.9 Å². The first-order chi connectivity index (χ1) is 12.1. The quantitative estimate of drug-likeness (QED) is 0.337. The number of rotatable bonds is 7. The molecule has 0 radical (unpaired) electrons. The minimum absolute atomic E-state index is 0. The standard InChI is InChI=1S/C17H28N4O3S.HI/c1-3-15-6-4-5-7-16(15)14-20-17(18-2)19-8-13-25(22,23)21-9-11-24-12-10-21;/h4-7H,3,8-14H2,1-2H3,(H2,18,19,20);1H. The summed E-state index contributed by atoms with van der Waals surface area (Å²) in [7, 11) is -1.58. The molecule has 0 aromatic heterocycles. The summed E-state index contributed by atoms with van der Waals surface area (Å²) in [6.07, 6.45) is 0.974. The van der Waals surface area contributed by atoms with Crippen LogP contribution in [-0.4, -0.2) is 64.3 Å². The molecule has 2 rings (SSSR count). The summed E-state index contributed by atoms with van der Waals surface area (Å²) in [5.74, 6) is 0.641.